The van der Waals surface area contributed by atoms with Crippen molar-refractivity contribution in [3.63, 3.8) is 0 Å². The van der Waals surface area contributed by atoms with E-state index >= 15 is 0 Å². The lowest BCUT2D eigenvalue weighted by Crippen LogP contribution is -2.08. The van der Waals surface area contributed by atoms with E-state index < -0.39 is 0 Å². The van der Waals surface area contributed by atoms with Gasteiger partial charge in [0, 0.05) is 23.5 Å². The molecule has 0 spiro atoms. The van der Waals surface area contributed by atoms with E-state index in [1.807, 2.05) is 60.7 Å². The van der Waals surface area contributed by atoms with Gasteiger partial charge in [0.15, 0.2) is 0 Å². The Labute approximate surface area is 181 Å². The van der Waals surface area contributed by atoms with Crippen molar-refractivity contribution in [2.45, 2.75) is 0 Å². The van der Waals surface area contributed by atoms with E-state index in [1.165, 1.54) is 21.8 Å². The molecule has 1 heterocycles. The first-order chi connectivity index (χ1) is 15.2. The van der Waals surface area contributed by atoms with Crippen molar-refractivity contribution >= 4 is 33.7 Å². The average molecular weight is 406 g/mol. The molecular formula is C27H23N3O. The van der Waals surface area contributed by atoms with E-state index in [1.54, 1.807) is 7.11 Å². The summed E-state index contributed by atoms with van der Waals surface area (Å²) in [7, 11) is 3.65. The highest BCUT2D eigenvalue weighted by Gasteiger charge is 2.12. The van der Waals surface area contributed by atoms with E-state index in [2.05, 4.69) is 64.3 Å². The third-order valence-corrected chi connectivity index (χ3v) is 5.54. The number of nitrogens with zero attached hydrogens (tertiary/aromatic N) is 3. The summed E-state index contributed by atoms with van der Waals surface area (Å²) in [6.45, 7) is 0. The normalized spacial score (nSPS) is 11.4. The van der Waals surface area contributed by atoms with Gasteiger partial charge in [0.25, 0.3) is 0 Å². The second-order valence-electron chi connectivity index (χ2n) is 7.43. The third-order valence-electron chi connectivity index (χ3n) is 5.54. The van der Waals surface area contributed by atoms with E-state index in [-0.39, 0.29) is 0 Å². The molecule has 0 saturated carbocycles. The van der Waals surface area contributed by atoms with Gasteiger partial charge >= 0.3 is 0 Å². The minimum absolute atomic E-state index is 0.852. The highest BCUT2D eigenvalue weighted by atomic mass is 16.5. The first kappa shape index (κ1) is 18.9. The highest BCUT2D eigenvalue weighted by molar-refractivity contribution is 6.10. The number of anilines is 1. The van der Waals surface area contributed by atoms with Gasteiger partial charge in [-0.15, -0.1) is 0 Å². The van der Waals surface area contributed by atoms with Gasteiger partial charge in [-0.25, -0.2) is 0 Å². The number of fused-ring (bicyclic) bond motifs is 3. The van der Waals surface area contributed by atoms with E-state index in [4.69, 9.17) is 4.74 Å². The summed E-state index contributed by atoms with van der Waals surface area (Å²) in [4.78, 5) is 0. The van der Waals surface area contributed by atoms with Crippen LogP contribution in [0.1, 0.15) is 5.56 Å². The first-order valence-electron chi connectivity index (χ1n) is 10.2. The minimum Gasteiger partial charge on any atom is -0.497 e. The number of methoxy groups -OCH3 is 1. The number of benzene rings is 4. The van der Waals surface area contributed by atoms with Gasteiger partial charge < -0.3 is 9.30 Å². The van der Waals surface area contributed by atoms with Crippen LogP contribution in [0.4, 0.5) is 5.69 Å². The number of aromatic nitrogens is 1. The molecular weight excluding hydrogens is 382 g/mol. The van der Waals surface area contributed by atoms with Crippen molar-refractivity contribution in [1.29, 1.82) is 0 Å². The fraction of sp³-hybridized carbons (Fsp3) is 0.0741. The Morgan fingerprint density at radius 2 is 1.48 bits per heavy atom. The predicted octanol–water partition coefficient (Wildman–Crippen LogP) is 6.26. The summed E-state index contributed by atoms with van der Waals surface area (Å²) >= 11 is 0. The molecule has 0 amide bonds. The Hall–Kier alpha value is -4.05. The fourth-order valence-electron chi connectivity index (χ4n) is 3.94. The standard InChI is InChI=1S/C27H23N3O/c1-29(21-8-4-3-5-9-21)28-19-20-12-17-27-25(18-20)24-10-6-7-11-26(24)30(27)22-13-15-23(31-2)16-14-22/h3-19H,1-2H3/b28-19+. The Kier molecular flexibility index (Phi) is 4.89. The molecule has 0 aliphatic carbocycles. The zero-order valence-corrected chi connectivity index (χ0v) is 17.6. The summed E-state index contributed by atoms with van der Waals surface area (Å²) in [6.07, 6.45) is 1.91. The number of para-hydroxylation sites is 2. The van der Waals surface area contributed by atoms with Crippen LogP contribution in [0.3, 0.4) is 0 Å². The highest BCUT2D eigenvalue weighted by Crippen LogP contribution is 2.32. The van der Waals surface area contributed by atoms with E-state index in [0.717, 1.165) is 22.7 Å². The fourth-order valence-corrected chi connectivity index (χ4v) is 3.94. The largest absolute Gasteiger partial charge is 0.497 e. The van der Waals surface area contributed by atoms with Gasteiger partial charge in [0.05, 0.1) is 30.0 Å². The smallest absolute Gasteiger partial charge is 0.119 e. The van der Waals surface area contributed by atoms with Crippen LogP contribution >= 0.6 is 0 Å². The van der Waals surface area contributed by atoms with E-state index in [9.17, 15) is 0 Å². The van der Waals surface area contributed by atoms with Crippen LogP contribution in [0.25, 0.3) is 27.5 Å². The molecule has 0 bridgehead atoms. The second kappa shape index (κ2) is 8.00. The Morgan fingerprint density at radius 1 is 0.774 bits per heavy atom. The first-order valence-corrected chi connectivity index (χ1v) is 10.2. The van der Waals surface area contributed by atoms with Crippen molar-refractivity contribution in [1.82, 2.24) is 4.57 Å². The SMILES string of the molecule is COc1ccc(-n2c3ccccc3c3cc(/C=N/N(C)c4ccccc4)ccc32)cc1. The summed E-state index contributed by atoms with van der Waals surface area (Å²) in [5.74, 6) is 0.852. The maximum Gasteiger partial charge on any atom is 0.119 e. The van der Waals surface area contributed by atoms with Crippen LogP contribution in [0, 0.1) is 0 Å². The molecule has 4 nitrogen and oxygen atoms in total. The summed E-state index contributed by atoms with van der Waals surface area (Å²) in [5, 5.41) is 8.93. The van der Waals surface area contributed by atoms with Crippen LogP contribution < -0.4 is 9.75 Å². The van der Waals surface area contributed by atoms with Crippen LogP contribution in [-0.4, -0.2) is 24.9 Å². The lowest BCUT2D eigenvalue weighted by molar-refractivity contribution is 0.415. The number of hydrogen-bond donors (Lipinski definition) is 0. The lowest BCUT2D eigenvalue weighted by atomic mass is 10.1. The average Bonchev–Trinajstić information content (AvgIpc) is 3.17. The van der Waals surface area contributed by atoms with Crippen molar-refractivity contribution in [3.05, 3.63) is 103 Å². The van der Waals surface area contributed by atoms with Crippen LogP contribution in [0.15, 0.2) is 102 Å². The molecule has 0 saturated heterocycles. The Balaban J connectivity index is 1.59. The topological polar surface area (TPSA) is 29.8 Å². The molecule has 5 aromatic rings. The molecule has 0 fully saturated rings. The van der Waals surface area contributed by atoms with Gasteiger partial charge in [-0.3, -0.25) is 5.01 Å². The monoisotopic (exact) mass is 405 g/mol. The zero-order chi connectivity index (χ0) is 21.2. The summed E-state index contributed by atoms with van der Waals surface area (Å²) in [6, 6.07) is 33.3. The molecule has 0 N–H and O–H groups in total. The molecule has 4 heteroatoms. The lowest BCUT2D eigenvalue weighted by Gasteiger charge is -2.12. The molecule has 5 rings (SSSR count). The van der Waals surface area contributed by atoms with Crippen molar-refractivity contribution < 1.29 is 4.74 Å². The third kappa shape index (κ3) is 3.53. The Bertz CT molecular complexity index is 1370. The van der Waals surface area contributed by atoms with Crippen LogP contribution in [-0.2, 0) is 0 Å². The maximum atomic E-state index is 5.33. The molecule has 0 aliphatic rings. The summed E-state index contributed by atoms with van der Waals surface area (Å²) < 4.78 is 7.62. The van der Waals surface area contributed by atoms with Crippen molar-refractivity contribution in [2.75, 3.05) is 19.2 Å². The summed E-state index contributed by atoms with van der Waals surface area (Å²) in [5.41, 5.74) is 5.57. The molecule has 0 aliphatic heterocycles. The predicted molar refractivity (Wildman–Crippen MR) is 130 cm³/mol. The maximum absolute atomic E-state index is 5.33. The van der Waals surface area contributed by atoms with Gasteiger partial charge in [-0.1, -0.05) is 42.5 Å². The molecule has 0 unspecified atom stereocenters. The molecule has 0 atom stereocenters. The second-order valence-corrected chi connectivity index (χ2v) is 7.43. The number of ether oxygens (including phenoxy) is 1. The van der Waals surface area contributed by atoms with E-state index in [0.29, 0.717) is 0 Å². The van der Waals surface area contributed by atoms with Crippen molar-refractivity contribution in [3.8, 4) is 11.4 Å². The van der Waals surface area contributed by atoms with Crippen LogP contribution in [0.2, 0.25) is 0 Å². The molecule has 0 radical (unpaired) electrons. The zero-order valence-electron chi connectivity index (χ0n) is 17.6. The van der Waals surface area contributed by atoms with Crippen LogP contribution in [0.5, 0.6) is 5.75 Å². The quantitative estimate of drug-likeness (QED) is 0.255. The Morgan fingerprint density at radius 3 is 2.26 bits per heavy atom. The number of hydrogen-bond acceptors (Lipinski definition) is 3. The molecule has 152 valence electrons. The molecule has 1 aromatic heterocycles. The van der Waals surface area contributed by atoms with Gasteiger partial charge in [0.1, 0.15) is 5.75 Å². The number of hydrazone groups is 1. The van der Waals surface area contributed by atoms with Gasteiger partial charge in [-0.2, -0.15) is 5.10 Å². The minimum atomic E-state index is 0.852. The van der Waals surface area contributed by atoms with Gasteiger partial charge in [0.2, 0.25) is 0 Å². The number of rotatable bonds is 5. The molecule has 31 heavy (non-hydrogen) atoms. The molecule has 4 aromatic carbocycles. The van der Waals surface area contributed by atoms with Crippen molar-refractivity contribution in [2.24, 2.45) is 5.10 Å². The van der Waals surface area contributed by atoms with Gasteiger partial charge in [-0.05, 0) is 60.2 Å².